The number of hydrogen-bond acceptors (Lipinski definition) is 5. The first-order valence-corrected chi connectivity index (χ1v) is 7.99. The maximum absolute atomic E-state index is 12.7. The Labute approximate surface area is 145 Å². The number of ether oxygens (including phenoxy) is 2. The average molecular weight is 344 g/mol. The van der Waals surface area contributed by atoms with Gasteiger partial charge in [-0.05, 0) is 30.3 Å². The molecule has 7 nitrogen and oxygen atoms in total. The summed E-state index contributed by atoms with van der Waals surface area (Å²) in [7, 11) is 1.59. The van der Waals surface area contributed by atoms with Crippen molar-refractivity contribution in [2.24, 2.45) is 0 Å². The van der Waals surface area contributed by atoms with Gasteiger partial charge >= 0.3 is 0 Å². The van der Waals surface area contributed by atoms with Crippen LogP contribution >= 0.6 is 0 Å². The van der Waals surface area contributed by atoms with Crippen molar-refractivity contribution in [3.05, 3.63) is 42.7 Å². The highest BCUT2D eigenvalue weighted by molar-refractivity contribution is 5.96. The molecular weight excluding hydrogens is 324 g/mol. The molecule has 0 spiro atoms. The summed E-state index contributed by atoms with van der Waals surface area (Å²) in [4.78, 5) is 25.6. The fourth-order valence-electron chi connectivity index (χ4n) is 2.72. The molecular formula is C18H20N2O5. The predicted octanol–water partition coefficient (Wildman–Crippen LogP) is 1.58. The molecule has 132 valence electrons. The van der Waals surface area contributed by atoms with E-state index in [1.807, 2.05) is 6.07 Å². The minimum absolute atomic E-state index is 0.196. The predicted molar refractivity (Wildman–Crippen MR) is 91.6 cm³/mol. The summed E-state index contributed by atoms with van der Waals surface area (Å²) in [5.41, 5.74) is 0.632. The third-order valence-corrected chi connectivity index (χ3v) is 4.05. The number of morpholine rings is 1. The van der Waals surface area contributed by atoms with Crippen LogP contribution in [0.3, 0.4) is 0 Å². The van der Waals surface area contributed by atoms with E-state index in [1.54, 1.807) is 30.2 Å². The van der Waals surface area contributed by atoms with Gasteiger partial charge in [0.25, 0.3) is 5.91 Å². The van der Waals surface area contributed by atoms with Crippen LogP contribution in [0.25, 0.3) is 11.0 Å². The van der Waals surface area contributed by atoms with E-state index in [4.69, 9.17) is 13.9 Å². The Morgan fingerprint density at radius 3 is 3.04 bits per heavy atom. The minimum Gasteiger partial charge on any atom is -0.497 e. The molecule has 1 fully saturated rings. The van der Waals surface area contributed by atoms with Gasteiger partial charge in [0.15, 0.2) is 5.76 Å². The zero-order valence-corrected chi connectivity index (χ0v) is 14.0. The Bertz CT molecular complexity index is 798. The van der Waals surface area contributed by atoms with Gasteiger partial charge in [-0.15, -0.1) is 0 Å². The lowest BCUT2D eigenvalue weighted by Gasteiger charge is -2.32. The quantitative estimate of drug-likeness (QED) is 0.833. The van der Waals surface area contributed by atoms with Gasteiger partial charge in [-0.2, -0.15) is 0 Å². The van der Waals surface area contributed by atoms with Crippen LogP contribution in [-0.2, 0) is 9.53 Å². The second-order valence-corrected chi connectivity index (χ2v) is 5.71. The molecule has 1 atom stereocenters. The number of nitrogens with zero attached hydrogens (tertiary/aromatic N) is 1. The first kappa shape index (κ1) is 17.0. The number of methoxy groups -OCH3 is 1. The standard InChI is InChI=1S/C18H20N2O5/c1-3-17(21)19-10-14-11-20(6-7-24-14)18(22)16-9-12-8-13(23-2)4-5-15(12)25-16/h3-5,8-9,14H,1,6-7,10-11H2,2H3,(H,19,21)/t14-/m0/s1. The molecule has 1 aliphatic rings. The third kappa shape index (κ3) is 3.83. The summed E-state index contributed by atoms with van der Waals surface area (Å²) < 4.78 is 16.4. The molecule has 0 unspecified atom stereocenters. The summed E-state index contributed by atoms with van der Waals surface area (Å²) in [6.45, 7) is 5.00. The highest BCUT2D eigenvalue weighted by Crippen LogP contribution is 2.25. The number of carbonyl (C=O) groups is 2. The van der Waals surface area contributed by atoms with Crippen molar-refractivity contribution in [2.45, 2.75) is 6.10 Å². The lowest BCUT2D eigenvalue weighted by Crippen LogP contribution is -2.49. The van der Waals surface area contributed by atoms with Gasteiger partial charge in [0.2, 0.25) is 5.91 Å². The maximum Gasteiger partial charge on any atom is 0.289 e. The van der Waals surface area contributed by atoms with Crippen molar-refractivity contribution < 1.29 is 23.5 Å². The van der Waals surface area contributed by atoms with Crippen molar-refractivity contribution in [2.75, 3.05) is 33.4 Å². The molecule has 1 aliphatic heterocycles. The molecule has 2 heterocycles. The van der Waals surface area contributed by atoms with Gasteiger partial charge in [-0.1, -0.05) is 6.58 Å². The summed E-state index contributed by atoms with van der Waals surface area (Å²) in [6, 6.07) is 7.09. The maximum atomic E-state index is 12.7. The topological polar surface area (TPSA) is 81.0 Å². The smallest absolute Gasteiger partial charge is 0.289 e. The zero-order chi connectivity index (χ0) is 17.8. The van der Waals surface area contributed by atoms with Gasteiger partial charge < -0.3 is 24.1 Å². The van der Waals surface area contributed by atoms with E-state index in [1.165, 1.54) is 6.08 Å². The minimum atomic E-state index is -0.265. The van der Waals surface area contributed by atoms with E-state index in [0.29, 0.717) is 37.6 Å². The molecule has 7 heteroatoms. The molecule has 0 radical (unpaired) electrons. The number of amides is 2. The summed E-state index contributed by atoms with van der Waals surface area (Å²) in [5.74, 6) is 0.521. The largest absolute Gasteiger partial charge is 0.497 e. The van der Waals surface area contributed by atoms with Gasteiger partial charge in [0.05, 0.1) is 19.8 Å². The number of furan rings is 1. The molecule has 3 rings (SSSR count). The second-order valence-electron chi connectivity index (χ2n) is 5.71. The molecule has 25 heavy (non-hydrogen) atoms. The molecule has 2 aromatic rings. The SMILES string of the molecule is C=CC(=O)NC[C@H]1CN(C(=O)c2cc3cc(OC)ccc3o2)CCO1. The second kappa shape index (κ2) is 7.40. The van der Waals surface area contributed by atoms with Crippen LogP contribution in [0, 0.1) is 0 Å². The van der Waals surface area contributed by atoms with Crippen LogP contribution in [0.15, 0.2) is 41.3 Å². The number of rotatable bonds is 5. The van der Waals surface area contributed by atoms with Crippen LogP contribution in [0.2, 0.25) is 0 Å². The molecule has 1 aromatic heterocycles. The van der Waals surface area contributed by atoms with E-state index in [2.05, 4.69) is 11.9 Å². The molecule has 1 N–H and O–H groups in total. The van der Waals surface area contributed by atoms with Gasteiger partial charge in [-0.25, -0.2) is 0 Å². The Hall–Kier alpha value is -2.80. The Morgan fingerprint density at radius 1 is 1.44 bits per heavy atom. The van der Waals surface area contributed by atoms with Crippen molar-refractivity contribution in [1.82, 2.24) is 10.2 Å². The molecule has 2 amide bonds. The number of nitrogens with one attached hydrogen (secondary N) is 1. The number of fused-ring (bicyclic) bond motifs is 1. The van der Waals surface area contributed by atoms with Gasteiger partial charge in [-0.3, -0.25) is 9.59 Å². The third-order valence-electron chi connectivity index (χ3n) is 4.05. The molecule has 1 saturated heterocycles. The van der Waals surface area contributed by atoms with Crippen LogP contribution in [0.1, 0.15) is 10.6 Å². The first-order valence-electron chi connectivity index (χ1n) is 7.99. The van der Waals surface area contributed by atoms with Crippen molar-refractivity contribution in [3.8, 4) is 5.75 Å². The van der Waals surface area contributed by atoms with Crippen LogP contribution in [0.4, 0.5) is 0 Å². The Kier molecular flexibility index (Phi) is 5.04. The summed E-state index contributed by atoms with van der Waals surface area (Å²) in [5, 5.41) is 3.49. The van der Waals surface area contributed by atoms with E-state index in [0.717, 1.165) is 5.39 Å². The van der Waals surface area contributed by atoms with Crippen molar-refractivity contribution >= 4 is 22.8 Å². The monoisotopic (exact) mass is 344 g/mol. The lowest BCUT2D eigenvalue weighted by atomic mass is 10.2. The zero-order valence-electron chi connectivity index (χ0n) is 14.0. The molecule has 1 aromatic carbocycles. The summed E-state index contributed by atoms with van der Waals surface area (Å²) >= 11 is 0. The van der Waals surface area contributed by atoms with E-state index >= 15 is 0 Å². The van der Waals surface area contributed by atoms with E-state index < -0.39 is 0 Å². The van der Waals surface area contributed by atoms with Gasteiger partial charge in [0.1, 0.15) is 11.3 Å². The molecule has 0 saturated carbocycles. The molecule has 0 aliphatic carbocycles. The fraction of sp³-hybridized carbons (Fsp3) is 0.333. The summed E-state index contributed by atoms with van der Waals surface area (Å²) in [6.07, 6.45) is 0.945. The number of hydrogen-bond donors (Lipinski definition) is 1. The van der Waals surface area contributed by atoms with Crippen LogP contribution in [-0.4, -0.2) is 56.2 Å². The highest BCUT2D eigenvalue weighted by Gasteiger charge is 2.27. The van der Waals surface area contributed by atoms with E-state index in [-0.39, 0.29) is 23.7 Å². The average Bonchev–Trinajstić information content (AvgIpc) is 3.08. The van der Waals surface area contributed by atoms with E-state index in [9.17, 15) is 9.59 Å². The fourth-order valence-corrected chi connectivity index (χ4v) is 2.72. The normalized spacial score (nSPS) is 17.3. The van der Waals surface area contributed by atoms with Crippen LogP contribution < -0.4 is 10.1 Å². The van der Waals surface area contributed by atoms with Crippen molar-refractivity contribution in [3.63, 3.8) is 0 Å². The van der Waals surface area contributed by atoms with Crippen LogP contribution in [0.5, 0.6) is 5.75 Å². The number of carbonyl (C=O) groups excluding carboxylic acids is 2. The lowest BCUT2D eigenvalue weighted by molar-refractivity contribution is -0.117. The molecule has 0 bridgehead atoms. The Balaban J connectivity index is 1.69. The Morgan fingerprint density at radius 2 is 2.28 bits per heavy atom. The number of benzene rings is 1. The first-order chi connectivity index (χ1) is 12.1. The van der Waals surface area contributed by atoms with Crippen molar-refractivity contribution in [1.29, 1.82) is 0 Å². The highest BCUT2D eigenvalue weighted by atomic mass is 16.5. The van der Waals surface area contributed by atoms with Gasteiger partial charge in [0, 0.05) is 25.0 Å².